The van der Waals surface area contributed by atoms with E-state index < -0.39 is 0 Å². The van der Waals surface area contributed by atoms with Crippen LogP contribution in [0.2, 0.25) is 0 Å². The third-order valence-corrected chi connectivity index (χ3v) is 4.32. The minimum absolute atomic E-state index is 0.520. The highest BCUT2D eigenvalue weighted by atomic mass is 79.9. The van der Waals surface area contributed by atoms with Crippen LogP contribution in [0.4, 0.5) is 0 Å². The summed E-state index contributed by atoms with van der Waals surface area (Å²) in [5.74, 6) is 0.520. The van der Waals surface area contributed by atoms with Crippen LogP contribution in [0, 0.1) is 6.92 Å². The molecule has 1 unspecified atom stereocenters. The van der Waals surface area contributed by atoms with Gasteiger partial charge in [0.2, 0.25) is 0 Å². The zero-order valence-corrected chi connectivity index (χ0v) is 11.6. The molecule has 1 aromatic heterocycles. The molecule has 0 N–H and O–H groups in total. The highest BCUT2D eigenvalue weighted by Crippen LogP contribution is 2.24. The zero-order valence-electron chi connectivity index (χ0n) is 9.19. The molecule has 0 saturated heterocycles. The highest BCUT2D eigenvalue weighted by Gasteiger charge is 2.12. The number of nitrogens with zero attached hydrogens (tertiary/aromatic N) is 1. The van der Waals surface area contributed by atoms with Crippen molar-refractivity contribution in [1.29, 1.82) is 0 Å². The summed E-state index contributed by atoms with van der Waals surface area (Å²) in [5.41, 5.74) is 2.51. The van der Waals surface area contributed by atoms with Gasteiger partial charge in [0.15, 0.2) is 0 Å². The van der Waals surface area contributed by atoms with E-state index in [1.54, 1.807) is 11.3 Å². The summed E-state index contributed by atoms with van der Waals surface area (Å²) in [7, 11) is 0. The molecule has 0 saturated carbocycles. The Morgan fingerprint density at radius 1 is 1.31 bits per heavy atom. The van der Waals surface area contributed by atoms with Gasteiger partial charge in [0.1, 0.15) is 0 Å². The van der Waals surface area contributed by atoms with Crippen molar-refractivity contribution in [3.63, 3.8) is 0 Å². The van der Waals surface area contributed by atoms with E-state index in [0.717, 1.165) is 17.4 Å². The average molecular weight is 296 g/mol. The molecular formula is C13H14BrNS. The lowest BCUT2D eigenvalue weighted by Gasteiger charge is -2.12. The molecule has 3 heteroatoms. The molecule has 0 spiro atoms. The van der Waals surface area contributed by atoms with Crippen molar-refractivity contribution in [2.24, 2.45) is 0 Å². The van der Waals surface area contributed by atoms with Crippen LogP contribution < -0.4 is 0 Å². The molecule has 0 bridgehead atoms. The number of benzene rings is 1. The Hall–Kier alpha value is -0.670. The van der Waals surface area contributed by atoms with Crippen molar-refractivity contribution in [3.05, 3.63) is 52.0 Å². The summed E-state index contributed by atoms with van der Waals surface area (Å²) in [4.78, 5) is 4.52. The maximum atomic E-state index is 4.52. The molecule has 1 aromatic carbocycles. The number of hydrogen-bond acceptors (Lipinski definition) is 2. The summed E-state index contributed by atoms with van der Waals surface area (Å²) in [6, 6.07) is 10.6. The van der Waals surface area contributed by atoms with Gasteiger partial charge in [-0.05, 0) is 18.4 Å². The molecule has 0 amide bonds. The molecule has 1 heterocycles. The molecule has 0 aliphatic rings. The fourth-order valence-corrected chi connectivity index (χ4v) is 3.15. The van der Waals surface area contributed by atoms with E-state index in [1.807, 2.05) is 6.92 Å². The fraction of sp³-hybridized carbons (Fsp3) is 0.308. The highest BCUT2D eigenvalue weighted by molar-refractivity contribution is 9.09. The number of thiazole rings is 1. The first-order chi connectivity index (χ1) is 7.79. The Morgan fingerprint density at radius 3 is 2.62 bits per heavy atom. The van der Waals surface area contributed by atoms with Gasteiger partial charge in [0.25, 0.3) is 0 Å². The van der Waals surface area contributed by atoms with Gasteiger partial charge in [-0.15, -0.1) is 11.3 Å². The molecule has 2 rings (SSSR count). The number of aryl methyl sites for hydroxylation is 1. The second-order valence-electron chi connectivity index (χ2n) is 3.85. The Bertz CT molecular complexity index is 438. The van der Waals surface area contributed by atoms with E-state index in [4.69, 9.17) is 0 Å². The summed E-state index contributed by atoms with van der Waals surface area (Å²) in [6.45, 7) is 2.05. The van der Waals surface area contributed by atoms with Crippen LogP contribution in [-0.2, 0) is 6.42 Å². The first kappa shape index (κ1) is 11.8. The first-order valence-corrected chi connectivity index (χ1v) is 7.31. The number of halogens is 1. The maximum absolute atomic E-state index is 4.52. The largest absolute Gasteiger partial charge is 0.247 e. The quantitative estimate of drug-likeness (QED) is 0.772. The van der Waals surface area contributed by atoms with Gasteiger partial charge in [-0.2, -0.15) is 0 Å². The normalized spacial score (nSPS) is 12.6. The van der Waals surface area contributed by atoms with Crippen LogP contribution in [0.3, 0.4) is 0 Å². The summed E-state index contributed by atoms with van der Waals surface area (Å²) >= 11 is 5.35. The van der Waals surface area contributed by atoms with Crippen molar-refractivity contribution < 1.29 is 0 Å². The smallest absolute Gasteiger partial charge is 0.0934 e. The second kappa shape index (κ2) is 5.60. The minimum Gasteiger partial charge on any atom is -0.247 e. The molecule has 0 aliphatic carbocycles. The van der Waals surface area contributed by atoms with Gasteiger partial charge in [0, 0.05) is 22.8 Å². The first-order valence-electron chi connectivity index (χ1n) is 5.31. The van der Waals surface area contributed by atoms with Gasteiger partial charge < -0.3 is 0 Å². The molecule has 0 fully saturated rings. The van der Waals surface area contributed by atoms with Crippen LogP contribution in [0.1, 0.15) is 22.2 Å². The second-order valence-corrected chi connectivity index (χ2v) is 5.44. The Morgan fingerprint density at radius 2 is 2.06 bits per heavy atom. The maximum Gasteiger partial charge on any atom is 0.0934 e. The van der Waals surface area contributed by atoms with Crippen molar-refractivity contribution in [3.8, 4) is 0 Å². The van der Waals surface area contributed by atoms with E-state index in [-0.39, 0.29) is 0 Å². The van der Waals surface area contributed by atoms with Gasteiger partial charge >= 0.3 is 0 Å². The monoisotopic (exact) mass is 295 g/mol. The van der Waals surface area contributed by atoms with Gasteiger partial charge in [-0.3, -0.25) is 0 Å². The SMILES string of the molecule is Cc1csc(CC(CBr)c2ccccc2)n1. The van der Waals surface area contributed by atoms with Crippen molar-refractivity contribution in [2.45, 2.75) is 19.3 Å². The van der Waals surface area contributed by atoms with Crippen LogP contribution in [-0.4, -0.2) is 10.3 Å². The topological polar surface area (TPSA) is 12.9 Å². The molecule has 0 radical (unpaired) electrons. The van der Waals surface area contributed by atoms with Crippen molar-refractivity contribution in [1.82, 2.24) is 4.98 Å². The number of hydrogen-bond donors (Lipinski definition) is 0. The van der Waals surface area contributed by atoms with Crippen molar-refractivity contribution >= 4 is 27.3 Å². The lowest BCUT2D eigenvalue weighted by Crippen LogP contribution is -2.04. The summed E-state index contributed by atoms with van der Waals surface area (Å²) in [6.07, 6.45) is 1.02. The molecule has 1 nitrogen and oxygen atoms in total. The standard InChI is InChI=1S/C13H14BrNS/c1-10-9-16-13(15-10)7-12(8-14)11-5-3-2-4-6-11/h2-6,9,12H,7-8H2,1H3. The summed E-state index contributed by atoms with van der Waals surface area (Å²) in [5, 5.41) is 4.33. The lowest BCUT2D eigenvalue weighted by atomic mass is 9.98. The molecular weight excluding hydrogens is 282 g/mol. The lowest BCUT2D eigenvalue weighted by molar-refractivity contribution is 0.768. The molecule has 0 aliphatic heterocycles. The zero-order chi connectivity index (χ0) is 11.4. The molecule has 1 atom stereocenters. The number of rotatable bonds is 4. The van der Waals surface area contributed by atoms with Gasteiger partial charge in [0.05, 0.1) is 5.01 Å². The molecule has 16 heavy (non-hydrogen) atoms. The third kappa shape index (κ3) is 2.92. The third-order valence-electron chi connectivity index (χ3n) is 2.54. The van der Waals surface area contributed by atoms with E-state index in [0.29, 0.717) is 5.92 Å². The Balaban J connectivity index is 2.12. The fourth-order valence-electron chi connectivity index (χ4n) is 1.69. The summed E-state index contributed by atoms with van der Waals surface area (Å²) < 4.78 is 0. The molecule has 84 valence electrons. The van der Waals surface area contributed by atoms with Crippen LogP contribution in [0.15, 0.2) is 35.7 Å². The minimum atomic E-state index is 0.520. The van der Waals surface area contributed by atoms with Gasteiger partial charge in [-0.25, -0.2) is 4.98 Å². The van der Waals surface area contributed by atoms with Gasteiger partial charge in [-0.1, -0.05) is 46.3 Å². The number of aromatic nitrogens is 1. The van der Waals surface area contributed by atoms with E-state index >= 15 is 0 Å². The predicted molar refractivity (Wildman–Crippen MR) is 73.5 cm³/mol. The van der Waals surface area contributed by atoms with E-state index in [9.17, 15) is 0 Å². The number of alkyl halides is 1. The van der Waals surface area contributed by atoms with Crippen LogP contribution in [0.25, 0.3) is 0 Å². The Kier molecular flexibility index (Phi) is 4.13. The van der Waals surface area contributed by atoms with Crippen LogP contribution >= 0.6 is 27.3 Å². The average Bonchev–Trinajstić information content (AvgIpc) is 2.73. The molecule has 2 aromatic rings. The van der Waals surface area contributed by atoms with E-state index in [2.05, 4.69) is 56.6 Å². The predicted octanol–water partition coefficient (Wildman–Crippen LogP) is 4.17. The van der Waals surface area contributed by atoms with E-state index in [1.165, 1.54) is 10.6 Å². The Labute approximate surface area is 109 Å². The van der Waals surface area contributed by atoms with Crippen LogP contribution in [0.5, 0.6) is 0 Å². The van der Waals surface area contributed by atoms with Crippen molar-refractivity contribution in [2.75, 3.05) is 5.33 Å².